The zero-order valence-electron chi connectivity index (χ0n) is 15.8. The molecule has 0 nitrogen and oxygen atoms in total. The molecular weight excluding hydrogens is 362 g/mol. The molecule has 0 fully saturated rings. The molecule has 0 spiro atoms. The van der Waals surface area contributed by atoms with Gasteiger partial charge in [0.2, 0.25) is 0 Å². The van der Waals surface area contributed by atoms with E-state index in [0.717, 1.165) is 0 Å². The van der Waals surface area contributed by atoms with Gasteiger partial charge in [0, 0.05) is 16.2 Å². The van der Waals surface area contributed by atoms with Crippen molar-refractivity contribution < 1.29 is 0 Å². The van der Waals surface area contributed by atoms with Gasteiger partial charge in [0.25, 0.3) is 0 Å². The van der Waals surface area contributed by atoms with Crippen molar-refractivity contribution in [3.63, 3.8) is 0 Å². The van der Waals surface area contributed by atoms with E-state index in [-0.39, 0.29) is 7.21 Å². The van der Waals surface area contributed by atoms with E-state index in [4.69, 9.17) is 0 Å². The Kier molecular flexibility index (Phi) is 5.58. The second-order valence-electron chi connectivity index (χ2n) is 7.25. The van der Waals surface area contributed by atoms with Crippen molar-refractivity contribution in [1.29, 1.82) is 0 Å². The van der Waals surface area contributed by atoms with Crippen LogP contribution in [0.3, 0.4) is 0 Å². The molecule has 1 atom stereocenters. The summed E-state index contributed by atoms with van der Waals surface area (Å²) in [5, 5.41) is 3.07. The van der Waals surface area contributed by atoms with Gasteiger partial charge in [-0.2, -0.15) is 0 Å². The lowest BCUT2D eigenvalue weighted by atomic mass is 9.98. The molecule has 0 aliphatic heterocycles. The van der Waals surface area contributed by atoms with Crippen molar-refractivity contribution in [2.75, 3.05) is 0 Å². The molecule has 1 unspecified atom stereocenters. The molecule has 1 aromatic heterocycles. The third-order valence-electron chi connectivity index (χ3n) is 4.65. The van der Waals surface area contributed by atoms with Gasteiger partial charge in [-0.05, 0) is 36.6 Å². The highest BCUT2D eigenvalue weighted by Gasteiger charge is 2.21. The van der Waals surface area contributed by atoms with Crippen LogP contribution in [0.25, 0.3) is 32.8 Å². The predicted octanol–water partition coefficient (Wildman–Crippen LogP) is 8.91. The van der Waals surface area contributed by atoms with Crippen LogP contribution in [-0.4, -0.2) is 0 Å². The van der Waals surface area contributed by atoms with E-state index < -0.39 is 0 Å². The Balaban J connectivity index is 2.04. The lowest BCUT2D eigenvalue weighted by molar-refractivity contribution is 0.704. The van der Waals surface area contributed by atoms with Crippen LogP contribution in [0.5, 0.6) is 0 Å². The fraction of sp³-hybridized carbons (Fsp3) is 0.160. The summed E-state index contributed by atoms with van der Waals surface area (Å²) in [5.74, 6) is 0.703. The Hall–Kier alpha value is -2.13. The van der Waals surface area contributed by atoms with Gasteiger partial charge in [0.05, 0.1) is 0 Å². The van der Waals surface area contributed by atoms with Crippen LogP contribution >= 0.6 is 15.1 Å². The fourth-order valence-corrected chi connectivity index (χ4v) is 9.98. The third-order valence-corrected chi connectivity index (χ3v) is 10.1. The van der Waals surface area contributed by atoms with Crippen molar-refractivity contribution in [3.05, 3.63) is 91.0 Å². The largest absolute Gasteiger partial charge is 0.0864 e. The molecule has 4 aromatic rings. The highest BCUT2D eigenvalue weighted by Crippen LogP contribution is 2.62. The first kappa shape index (κ1) is 18.2. The summed E-state index contributed by atoms with van der Waals surface area (Å²) in [7, 11) is 1.26. The first-order valence-electron chi connectivity index (χ1n) is 9.51. The van der Waals surface area contributed by atoms with E-state index in [9.17, 15) is 0 Å². The summed E-state index contributed by atoms with van der Waals surface area (Å²) in [6.45, 7) is 4.70. The van der Waals surface area contributed by atoms with Crippen molar-refractivity contribution in [1.82, 2.24) is 0 Å². The summed E-state index contributed by atoms with van der Waals surface area (Å²) in [6.07, 6.45) is 1.27. The zero-order valence-corrected chi connectivity index (χ0v) is 17.6. The molecule has 0 aliphatic carbocycles. The maximum atomic E-state index is 2.35. The lowest BCUT2D eigenvalue weighted by Gasteiger charge is -2.12. The summed E-state index contributed by atoms with van der Waals surface area (Å²) < 4.78 is 0. The van der Waals surface area contributed by atoms with Gasteiger partial charge in [0.1, 0.15) is 0 Å². The van der Waals surface area contributed by atoms with Gasteiger partial charge in [-0.1, -0.05) is 112 Å². The predicted molar refractivity (Wildman–Crippen MR) is 123 cm³/mol. The minimum atomic E-state index is -0.235. The molecule has 4 rings (SSSR count). The van der Waals surface area contributed by atoms with Crippen molar-refractivity contribution in [2.45, 2.75) is 20.0 Å². The van der Waals surface area contributed by atoms with Gasteiger partial charge in [-0.25, -0.2) is 0 Å². The summed E-state index contributed by atoms with van der Waals surface area (Å²) in [5.41, 5.74) is 5.56. The SMILES string of the molecule is CC(C)Cp1pc(-c2ccccc2)c(-c2ccccc2)c1-c1ccccc1. The molecule has 27 heavy (non-hydrogen) atoms. The molecular formula is C25H24P2. The molecule has 0 bridgehead atoms. The van der Waals surface area contributed by atoms with E-state index in [2.05, 4.69) is 105 Å². The Morgan fingerprint density at radius 1 is 0.667 bits per heavy atom. The first-order chi connectivity index (χ1) is 13.2. The van der Waals surface area contributed by atoms with Crippen molar-refractivity contribution in [2.24, 2.45) is 5.92 Å². The average Bonchev–Trinajstić information content (AvgIpc) is 3.08. The Bertz CT molecular complexity index is 1000. The van der Waals surface area contributed by atoms with Crippen LogP contribution in [0.4, 0.5) is 0 Å². The molecule has 0 aliphatic rings. The molecule has 0 saturated heterocycles. The summed E-state index contributed by atoms with van der Waals surface area (Å²) in [4.78, 5) is 0. The molecule has 1 heterocycles. The van der Waals surface area contributed by atoms with Crippen LogP contribution in [0.1, 0.15) is 13.8 Å². The van der Waals surface area contributed by atoms with Crippen LogP contribution in [0, 0.1) is 5.92 Å². The smallest absolute Gasteiger partial charge is 0.0218 e. The molecule has 134 valence electrons. The minimum absolute atomic E-state index is 0.235. The minimum Gasteiger partial charge on any atom is -0.0864 e. The molecule has 0 amide bonds. The summed E-state index contributed by atoms with van der Waals surface area (Å²) in [6, 6.07) is 33.0. The van der Waals surface area contributed by atoms with Crippen molar-refractivity contribution >= 4 is 15.1 Å². The maximum absolute atomic E-state index is 2.35. The van der Waals surface area contributed by atoms with Crippen molar-refractivity contribution in [3.8, 4) is 32.8 Å². The monoisotopic (exact) mass is 386 g/mol. The van der Waals surface area contributed by atoms with E-state index >= 15 is 0 Å². The standard InChI is InChI=1S/C25H24P2/c1-19(2)18-27-25(22-16-10-5-11-17-22)23(20-12-6-3-7-13-20)24(26-27)21-14-8-4-9-15-21/h3-17,19H,18H2,1-2H3. The quantitative estimate of drug-likeness (QED) is 0.321. The normalized spacial score (nSPS) is 12.0. The average molecular weight is 386 g/mol. The Labute approximate surface area is 165 Å². The lowest BCUT2D eigenvalue weighted by Crippen LogP contribution is -1.86. The van der Waals surface area contributed by atoms with E-state index in [0.29, 0.717) is 5.92 Å². The fourth-order valence-electron chi connectivity index (χ4n) is 3.51. The topological polar surface area (TPSA) is 0 Å². The summed E-state index contributed by atoms with van der Waals surface area (Å²) >= 11 is 0. The molecule has 0 radical (unpaired) electrons. The zero-order chi connectivity index (χ0) is 18.6. The Morgan fingerprint density at radius 2 is 1.15 bits per heavy atom. The molecule has 0 saturated carbocycles. The first-order valence-corrected chi connectivity index (χ1v) is 12.6. The van der Waals surface area contributed by atoms with Crippen LogP contribution in [0.2, 0.25) is 0 Å². The number of benzene rings is 3. The van der Waals surface area contributed by atoms with Gasteiger partial charge < -0.3 is 0 Å². The van der Waals surface area contributed by atoms with Gasteiger partial charge in [0.15, 0.2) is 0 Å². The van der Waals surface area contributed by atoms with Gasteiger partial charge in [-0.3, -0.25) is 0 Å². The highest BCUT2D eigenvalue weighted by molar-refractivity contribution is 8.03. The molecule has 2 heteroatoms. The van der Waals surface area contributed by atoms with E-state index in [1.165, 1.54) is 41.6 Å². The molecule has 0 N–H and O–H groups in total. The number of rotatable bonds is 5. The van der Waals surface area contributed by atoms with Crippen LogP contribution < -0.4 is 0 Å². The number of hydrogen-bond acceptors (Lipinski definition) is 0. The second-order valence-corrected chi connectivity index (χ2v) is 11.6. The highest BCUT2D eigenvalue weighted by atomic mass is 31.9. The third kappa shape index (κ3) is 3.93. The van der Waals surface area contributed by atoms with Gasteiger partial charge in [-0.15, -0.1) is 0 Å². The number of hydrogen-bond donors (Lipinski definition) is 0. The van der Waals surface area contributed by atoms with E-state index in [1.54, 1.807) is 5.30 Å². The van der Waals surface area contributed by atoms with Gasteiger partial charge >= 0.3 is 0 Å². The van der Waals surface area contributed by atoms with E-state index in [1.807, 2.05) is 0 Å². The Morgan fingerprint density at radius 3 is 1.67 bits per heavy atom. The van der Waals surface area contributed by atoms with Crippen LogP contribution in [0.15, 0.2) is 91.0 Å². The van der Waals surface area contributed by atoms with Crippen LogP contribution in [-0.2, 0) is 6.16 Å². The molecule has 3 aromatic carbocycles. The second kappa shape index (κ2) is 8.26. The maximum Gasteiger partial charge on any atom is 0.0218 e.